The predicted molar refractivity (Wildman–Crippen MR) is 97.6 cm³/mol. The van der Waals surface area contributed by atoms with Crippen molar-refractivity contribution >= 4 is 15.9 Å². The van der Waals surface area contributed by atoms with Gasteiger partial charge in [-0.25, -0.2) is 12.7 Å². The first kappa shape index (κ1) is 18.3. The molecule has 0 radical (unpaired) electrons. The summed E-state index contributed by atoms with van der Waals surface area (Å²) in [5.41, 5.74) is 0.529. The summed E-state index contributed by atoms with van der Waals surface area (Å²) in [6.45, 7) is 3.03. The van der Waals surface area contributed by atoms with Crippen molar-refractivity contribution < 1.29 is 17.9 Å². The van der Waals surface area contributed by atoms with E-state index in [2.05, 4.69) is 10.3 Å². The Hall–Kier alpha value is -2.45. The van der Waals surface area contributed by atoms with Crippen LogP contribution in [0.4, 0.5) is 0 Å². The molecule has 0 saturated carbocycles. The van der Waals surface area contributed by atoms with Crippen LogP contribution in [0.5, 0.6) is 11.5 Å². The second-order valence-corrected chi connectivity index (χ2v) is 8.37. The molecule has 3 rings (SSSR count). The highest BCUT2D eigenvalue weighted by atomic mass is 32.2. The summed E-state index contributed by atoms with van der Waals surface area (Å²) in [6, 6.07) is 10.4. The highest BCUT2D eigenvalue weighted by molar-refractivity contribution is 7.89. The maximum Gasteiger partial charge on any atom is 0.251 e. The maximum atomic E-state index is 12.2. The largest absolute Gasteiger partial charge is 0.456 e. The van der Waals surface area contributed by atoms with Gasteiger partial charge in [-0.05, 0) is 43.3 Å². The number of amides is 1. The van der Waals surface area contributed by atoms with E-state index in [4.69, 9.17) is 4.74 Å². The normalized spacial score (nSPS) is 15.3. The minimum atomic E-state index is -3.11. The molecule has 1 saturated heterocycles. The van der Waals surface area contributed by atoms with Crippen molar-refractivity contribution in [3.63, 3.8) is 0 Å². The molecule has 1 fully saturated rings. The van der Waals surface area contributed by atoms with E-state index in [1.165, 1.54) is 4.31 Å². The van der Waals surface area contributed by atoms with Gasteiger partial charge in [0.2, 0.25) is 10.0 Å². The van der Waals surface area contributed by atoms with Crippen LogP contribution in [-0.4, -0.2) is 49.0 Å². The number of nitrogens with zero attached hydrogens (tertiary/aromatic N) is 2. The average Bonchev–Trinajstić information content (AvgIpc) is 2.61. The second kappa shape index (κ2) is 7.84. The molecule has 0 aliphatic carbocycles. The standard InChI is InChI=1S/C18H21N3O4S/c1-2-26(23,24)21-12-14(13-21)10-20-18(22)15-5-7-16(8-6-15)25-17-4-3-9-19-11-17/h3-9,11,14H,2,10,12-13H2,1H3,(H,20,22). The quantitative estimate of drug-likeness (QED) is 0.798. The number of pyridine rings is 1. The van der Waals surface area contributed by atoms with E-state index in [9.17, 15) is 13.2 Å². The van der Waals surface area contributed by atoms with Crippen LogP contribution >= 0.6 is 0 Å². The zero-order chi connectivity index (χ0) is 18.6. The molecule has 0 atom stereocenters. The fourth-order valence-corrected chi connectivity index (χ4v) is 3.86. The molecule has 1 N–H and O–H groups in total. The number of ether oxygens (including phenoxy) is 1. The monoisotopic (exact) mass is 375 g/mol. The Labute approximate surface area is 153 Å². The summed E-state index contributed by atoms with van der Waals surface area (Å²) in [6.07, 6.45) is 3.28. The van der Waals surface area contributed by atoms with E-state index in [0.717, 1.165) is 0 Å². The van der Waals surface area contributed by atoms with Crippen molar-refractivity contribution in [2.24, 2.45) is 5.92 Å². The molecule has 0 bridgehead atoms. The van der Waals surface area contributed by atoms with Gasteiger partial charge in [-0.3, -0.25) is 9.78 Å². The molecule has 2 aromatic rings. The second-order valence-electron chi connectivity index (χ2n) is 6.11. The number of sulfonamides is 1. The van der Waals surface area contributed by atoms with Crippen LogP contribution in [-0.2, 0) is 10.0 Å². The Morgan fingerprint density at radius 2 is 1.96 bits per heavy atom. The van der Waals surface area contributed by atoms with Crippen LogP contribution in [0.25, 0.3) is 0 Å². The summed E-state index contributed by atoms with van der Waals surface area (Å²) < 4.78 is 30.4. The predicted octanol–water partition coefficient (Wildman–Crippen LogP) is 1.89. The van der Waals surface area contributed by atoms with Gasteiger partial charge in [-0.2, -0.15) is 0 Å². The van der Waals surface area contributed by atoms with Crippen molar-refractivity contribution in [3.05, 3.63) is 54.4 Å². The Bertz CT molecular complexity index is 848. The molecule has 2 heterocycles. The van der Waals surface area contributed by atoms with Gasteiger partial charge in [0.1, 0.15) is 11.5 Å². The van der Waals surface area contributed by atoms with Gasteiger partial charge in [0, 0.05) is 37.3 Å². The molecule has 7 nitrogen and oxygen atoms in total. The first-order chi connectivity index (χ1) is 12.5. The molecule has 8 heteroatoms. The number of carbonyl (C=O) groups is 1. The van der Waals surface area contributed by atoms with Crippen LogP contribution in [0.1, 0.15) is 17.3 Å². The minimum absolute atomic E-state index is 0.111. The summed E-state index contributed by atoms with van der Waals surface area (Å²) in [4.78, 5) is 16.2. The van der Waals surface area contributed by atoms with Crippen LogP contribution in [0, 0.1) is 5.92 Å². The summed E-state index contributed by atoms with van der Waals surface area (Å²) in [5, 5.41) is 2.85. The lowest BCUT2D eigenvalue weighted by molar-refractivity contribution is 0.0929. The molecule has 26 heavy (non-hydrogen) atoms. The Balaban J connectivity index is 1.47. The van der Waals surface area contributed by atoms with Gasteiger partial charge in [-0.15, -0.1) is 0 Å². The molecule has 1 aromatic carbocycles. The van der Waals surface area contributed by atoms with E-state index in [1.807, 2.05) is 0 Å². The van der Waals surface area contributed by atoms with Gasteiger partial charge < -0.3 is 10.1 Å². The number of benzene rings is 1. The van der Waals surface area contributed by atoms with Gasteiger partial charge >= 0.3 is 0 Å². The van der Waals surface area contributed by atoms with Crippen molar-refractivity contribution in [1.82, 2.24) is 14.6 Å². The highest BCUT2D eigenvalue weighted by Gasteiger charge is 2.34. The zero-order valence-corrected chi connectivity index (χ0v) is 15.3. The van der Waals surface area contributed by atoms with E-state index >= 15 is 0 Å². The van der Waals surface area contributed by atoms with Crippen molar-refractivity contribution in [3.8, 4) is 11.5 Å². The van der Waals surface area contributed by atoms with Crippen molar-refractivity contribution in [1.29, 1.82) is 0 Å². The molecule has 1 aromatic heterocycles. The summed E-state index contributed by atoms with van der Waals surface area (Å²) >= 11 is 0. The van der Waals surface area contributed by atoms with Crippen LogP contribution in [0.3, 0.4) is 0 Å². The van der Waals surface area contributed by atoms with Gasteiger partial charge in [0.05, 0.1) is 11.9 Å². The molecular weight excluding hydrogens is 354 g/mol. The Morgan fingerprint density at radius 1 is 1.23 bits per heavy atom. The first-order valence-electron chi connectivity index (χ1n) is 8.42. The third kappa shape index (κ3) is 4.39. The number of hydrogen-bond acceptors (Lipinski definition) is 5. The minimum Gasteiger partial charge on any atom is -0.456 e. The van der Waals surface area contributed by atoms with Crippen LogP contribution < -0.4 is 10.1 Å². The smallest absolute Gasteiger partial charge is 0.251 e. The molecule has 1 aliphatic heterocycles. The fraction of sp³-hybridized carbons (Fsp3) is 0.333. The van der Waals surface area contributed by atoms with Gasteiger partial charge in [0.15, 0.2) is 0 Å². The molecule has 0 spiro atoms. The molecule has 1 amide bonds. The van der Waals surface area contributed by atoms with Gasteiger partial charge in [-0.1, -0.05) is 0 Å². The number of nitrogens with one attached hydrogen (secondary N) is 1. The molecule has 0 unspecified atom stereocenters. The SMILES string of the molecule is CCS(=O)(=O)N1CC(CNC(=O)c2ccc(Oc3cccnc3)cc2)C1. The lowest BCUT2D eigenvalue weighted by Crippen LogP contribution is -2.54. The van der Waals surface area contributed by atoms with E-state index in [0.29, 0.717) is 36.7 Å². The lowest BCUT2D eigenvalue weighted by Gasteiger charge is -2.37. The Morgan fingerprint density at radius 3 is 2.58 bits per heavy atom. The maximum absolute atomic E-state index is 12.2. The van der Waals surface area contributed by atoms with E-state index < -0.39 is 10.0 Å². The summed E-state index contributed by atoms with van der Waals surface area (Å²) in [5.74, 6) is 1.33. The molecule has 1 aliphatic rings. The zero-order valence-electron chi connectivity index (χ0n) is 14.5. The number of carbonyl (C=O) groups excluding carboxylic acids is 1. The third-order valence-electron chi connectivity index (χ3n) is 4.22. The topological polar surface area (TPSA) is 88.6 Å². The number of aromatic nitrogens is 1. The first-order valence-corrected chi connectivity index (χ1v) is 10.0. The van der Waals surface area contributed by atoms with Crippen LogP contribution in [0.15, 0.2) is 48.8 Å². The van der Waals surface area contributed by atoms with E-state index in [-0.39, 0.29) is 17.6 Å². The average molecular weight is 375 g/mol. The lowest BCUT2D eigenvalue weighted by atomic mass is 10.0. The van der Waals surface area contributed by atoms with Crippen molar-refractivity contribution in [2.45, 2.75) is 6.92 Å². The summed E-state index contributed by atoms with van der Waals surface area (Å²) in [7, 11) is -3.11. The number of hydrogen-bond donors (Lipinski definition) is 1. The Kier molecular flexibility index (Phi) is 5.53. The van der Waals surface area contributed by atoms with Gasteiger partial charge in [0.25, 0.3) is 5.91 Å². The molecule has 138 valence electrons. The third-order valence-corrected chi connectivity index (χ3v) is 6.03. The highest BCUT2D eigenvalue weighted by Crippen LogP contribution is 2.21. The van der Waals surface area contributed by atoms with Crippen LogP contribution in [0.2, 0.25) is 0 Å². The van der Waals surface area contributed by atoms with E-state index in [1.54, 1.807) is 55.7 Å². The molecular formula is C18H21N3O4S. The number of rotatable bonds is 7. The van der Waals surface area contributed by atoms with Crippen molar-refractivity contribution in [2.75, 3.05) is 25.4 Å². The fourth-order valence-electron chi connectivity index (χ4n) is 2.62.